The van der Waals surface area contributed by atoms with Gasteiger partial charge in [-0.2, -0.15) is 5.26 Å². The monoisotopic (exact) mass is 587 g/mol. The number of nitriles is 1. The lowest BCUT2D eigenvalue weighted by Gasteiger charge is -2.32. The van der Waals surface area contributed by atoms with Gasteiger partial charge in [-0.25, -0.2) is 13.4 Å². The van der Waals surface area contributed by atoms with E-state index in [2.05, 4.69) is 14.6 Å². The number of aromatic nitrogens is 1. The van der Waals surface area contributed by atoms with Crippen molar-refractivity contribution >= 4 is 44.8 Å². The summed E-state index contributed by atoms with van der Waals surface area (Å²) in [6, 6.07) is 16.0. The summed E-state index contributed by atoms with van der Waals surface area (Å²) in [6.45, 7) is 1.63. The number of anilines is 1. The molecule has 2 aromatic carbocycles. The van der Waals surface area contributed by atoms with Crippen LogP contribution in [0.15, 0.2) is 65.7 Å². The molecule has 1 fully saturated rings. The first-order valence-corrected chi connectivity index (χ1v) is 14.4. The first-order valence-electron chi connectivity index (χ1n) is 12.1. The Morgan fingerprint density at radius 2 is 2.03 bits per heavy atom. The molecule has 39 heavy (non-hydrogen) atoms. The van der Waals surface area contributed by atoms with E-state index in [4.69, 9.17) is 28.5 Å². The van der Waals surface area contributed by atoms with Gasteiger partial charge < -0.3 is 10.0 Å². The van der Waals surface area contributed by atoms with Crippen LogP contribution in [0.1, 0.15) is 29.3 Å². The van der Waals surface area contributed by atoms with Crippen LogP contribution in [0.4, 0.5) is 5.69 Å². The Kier molecular flexibility index (Phi) is 9.10. The SMILES string of the molecule is CN(C(=O)Cc1ccc(Cl)c(Cl)c1)[C@H](CN1CC[C@@H](O)C1)c1cccc(NS(=O)(=O)c2ccc(C#N)nc2)c1. The fourth-order valence-electron chi connectivity index (χ4n) is 4.43. The third-order valence-corrected chi connectivity index (χ3v) is 8.67. The van der Waals surface area contributed by atoms with E-state index in [1.54, 1.807) is 48.3 Å². The summed E-state index contributed by atoms with van der Waals surface area (Å²) in [7, 11) is -2.26. The smallest absolute Gasteiger partial charge is 0.263 e. The van der Waals surface area contributed by atoms with Gasteiger partial charge in [0.15, 0.2) is 0 Å². The molecule has 9 nitrogen and oxygen atoms in total. The Labute approximate surface area is 237 Å². The normalized spacial score (nSPS) is 16.4. The third-order valence-electron chi connectivity index (χ3n) is 6.56. The average Bonchev–Trinajstić information content (AvgIpc) is 3.33. The van der Waals surface area contributed by atoms with E-state index < -0.39 is 22.2 Å². The zero-order chi connectivity index (χ0) is 28.2. The lowest BCUT2D eigenvalue weighted by Crippen LogP contribution is -2.39. The maximum absolute atomic E-state index is 13.4. The van der Waals surface area contributed by atoms with Gasteiger partial charge in [-0.1, -0.05) is 41.4 Å². The largest absolute Gasteiger partial charge is 0.392 e. The highest BCUT2D eigenvalue weighted by molar-refractivity contribution is 7.92. The molecule has 0 spiro atoms. The fourth-order valence-corrected chi connectivity index (χ4v) is 5.74. The summed E-state index contributed by atoms with van der Waals surface area (Å²) in [5.74, 6) is -0.159. The highest BCUT2D eigenvalue weighted by Gasteiger charge is 2.29. The number of likely N-dealkylation sites (N-methyl/N-ethyl adjacent to an activating group) is 1. The van der Waals surface area contributed by atoms with Crippen molar-refractivity contribution in [2.45, 2.75) is 29.9 Å². The number of amides is 1. The van der Waals surface area contributed by atoms with E-state index in [9.17, 15) is 18.3 Å². The molecular weight excluding hydrogens is 561 g/mol. The minimum atomic E-state index is -3.96. The van der Waals surface area contributed by atoms with Crippen LogP contribution in [-0.2, 0) is 21.2 Å². The number of likely N-dealkylation sites (tertiary alicyclic amines) is 1. The number of carbonyl (C=O) groups is 1. The molecule has 0 unspecified atom stereocenters. The Morgan fingerprint density at radius 3 is 2.67 bits per heavy atom. The van der Waals surface area contributed by atoms with Crippen LogP contribution in [0, 0.1) is 11.3 Å². The Balaban J connectivity index is 1.58. The van der Waals surface area contributed by atoms with Crippen LogP contribution < -0.4 is 4.72 Å². The number of benzene rings is 2. The molecule has 0 radical (unpaired) electrons. The number of β-amino-alcohol motifs (C(OH)–C–C–N with tert-alkyl or cyclic N) is 1. The first kappa shape index (κ1) is 28.8. The summed E-state index contributed by atoms with van der Waals surface area (Å²) >= 11 is 12.1. The number of halogens is 2. The zero-order valence-corrected chi connectivity index (χ0v) is 23.4. The maximum Gasteiger partial charge on any atom is 0.263 e. The second-order valence-corrected chi connectivity index (χ2v) is 11.9. The van der Waals surface area contributed by atoms with E-state index in [1.807, 2.05) is 12.1 Å². The molecule has 0 saturated carbocycles. The highest BCUT2D eigenvalue weighted by Crippen LogP contribution is 2.28. The molecule has 1 saturated heterocycles. The lowest BCUT2D eigenvalue weighted by molar-refractivity contribution is -0.131. The van der Waals surface area contributed by atoms with Crippen LogP contribution in [0.25, 0.3) is 0 Å². The predicted octanol–water partition coefficient (Wildman–Crippen LogP) is 3.87. The van der Waals surface area contributed by atoms with Crippen molar-refractivity contribution in [3.05, 3.63) is 87.7 Å². The molecule has 3 aromatic rings. The van der Waals surface area contributed by atoms with E-state index in [-0.39, 0.29) is 22.9 Å². The molecule has 1 aromatic heterocycles. The van der Waals surface area contributed by atoms with Crippen molar-refractivity contribution < 1.29 is 18.3 Å². The number of aliphatic hydroxyl groups is 1. The highest BCUT2D eigenvalue weighted by atomic mass is 35.5. The second-order valence-electron chi connectivity index (χ2n) is 9.37. The fraction of sp³-hybridized carbons (Fsp3) is 0.296. The lowest BCUT2D eigenvalue weighted by atomic mass is 10.0. The number of nitrogens with zero attached hydrogens (tertiary/aromatic N) is 4. The van der Waals surface area contributed by atoms with Crippen molar-refractivity contribution in [3.63, 3.8) is 0 Å². The van der Waals surface area contributed by atoms with Gasteiger partial charge in [0.25, 0.3) is 10.0 Å². The predicted molar refractivity (Wildman–Crippen MR) is 149 cm³/mol. The molecule has 204 valence electrons. The minimum Gasteiger partial charge on any atom is -0.392 e. The molecule has 0 aliphatic carbocycles. The molecule has 12 heteroatoms. The van der Waals surface area contributed by atoms with Gasteiger partial charge in [0.2, 0.25) is 5.91 Å². The third kappa shape index (κ3) is 7.26. The molecule has 1 aliphatic rings. The van der Waals surface area contributed by atoms with E-state index in [0.717, 1.165) is 11.8 Å². The van der Waals surface area contributed by atoms with Crippen LogP contribution in [0.2, 0.25) is 10.0 Å². The number of rotatable bonds is 9. The van der Waals surface area contributed by atoms with Crippen LogP contribution in [0.5, 0.6) is 0 Å². The van der Waals surface area contributed by atoms with Gasteiger partial charge in [-0.05, 0) is 53.9 Å². The number of hydrogen-bond acceptors (Lipinski definition) is 7. The van der Waals surface area contributed by atoms with Gasteiger partial charge in [0.05, 0.1) is 28.6 Å². The van der Waals surface area contributed by atoms with Crippen molar-refractivity contribution in [3.8, 4) is 6.07 Å². The molecule has 2 atom stereocenters. The van der Waals surface area contributed by atoms with Crippen LogP contribution in [-0.4, -0.2) is 67.0 Å². The van der Waals surface area contributed by atoms with E-state index >= 15 is 0 Å². The summed E-state index contributed by atoms with van der Waals surface area (Å²) < 4.78 is 28.4. The zero-order valence-electron chi connectivity index (χ0n) is 21.1. The van der Waals surface area contributed by atoms with E-state index in [1.165, 1.54) is 12.1 Å². The molecule has 1 amide bonds. The topological polar surface area (TPSA) is 127 Å². The molecule has 4 rings (SSSR count). The summed E-state index contributed by atoms with van der Waals surface area (Å²) in [5, 5.41) is 19.7. The number of hydrogen-bond donors (Lipinski definition) is 2. The van der Waals surface area contributed by atoms with Gasteiger partial charge >= 0.3 is 0 Å². The maximum atomic E-state index is 13.4. The first-order chi connectivity index (χ1) is 18.6. The molecule has 2 N–H and O–H groups in total. The van der Waals surface area contributed by atoms with Gasteiger partial charge in [-0.15, -0.1) is 0 Å². The average molecular weight is 589 g/mol. The molecule has 0 bridgehead atoms. The molecule has 1 aliphatic heterocycles. The standard InChI is InChI=1S/C27H27Cl2N5O4S/c1-33(27(36)12-18-5-8-24(28)25(29)11-18)26(17-34-10-9-22(35)16-34)19-3-2-4-20(13-19)32-39(37,38)23-7-6-21(14-30)31-15-23/h2-8,11,13,15,22,26,32,35H,9-10,12,16-17H2,1H3/t22-,26-/m1/s1. The summed E-state index contributed by atoms with van der Waals surface area (Å²) in [4.78, 5) is 20.8. The molecule has 2 heterocycles. The Bertz CT molecular complexity index is 1490. The molecular formula is C27H27Cl2N5O4S. The second kappa shape index (κ2) is 12.3. The minimum absolute atomic E-state index is 0.0802. The number of nitrogens with one attached hydrogen (secondary N) is 1. The number of carbonyl (C=O) groups excluding carboxylic acids is 1. The van der Waals surface area contributed by atoms with Crippen molar-refractivity contribution in [1.29, 1.82) is 5.26 Å². The Morgan fingerprint density at radius 1 is 1.23 bits per heavy atom. The van der Waals surface area contributed by atoms with Crippen molar-refractivity contribution in [2.24, 2.45) is 0 Å². The van der Waals surface area contributed by atoms with Crippen LogP contribution >= 0.6 is 23.2 Å². The number of aliphatic hydroxyl groups excluding tert-OH is 1. The number of pyridine rings is 1. The summed E-state index contributed by atoms with van der Waals surface area (Å²) in [5.41, 5.74) is 1.86. The van der Waals surface area contributed by atoms with Gasteiger partial charge in [0.1, 0.15) is 16.7 Å². The van der Waals surface area contributed by atoms with Crippen molar-refractivity contribution in [1.82, 2.24) is 14.8 Å². The summed E-state index contributed by atoms with van der Waals surface area (Å²) in [6.07, 6.45) is 1.44. The quantitative estimate of drug-likeness (QED) is 0.389. The number of sulfonamides is 1. The van der Waals surface area contributed by atoms with Crippen molar-refractivity contribution in [2.75, 3.05) is 31.4 Å². The Hall–Kier alpha value is -3.20. The van der Waals surface area contributed by atoms with Gasteiger partial charge in [-0.3, -0.25) is 14.4 Å². The van der Waals surface area contributed by atoms with E-state index in [0.29, 0.717) is 47.4 Å². The van der Waals surface area contributed by atoms with Gasteiger partial charge in [0, 0.05) is 38.6 Å². The van der Waals surface area contributed by atoms with Crippen LogP contribution in [0.3, 0.4) is 0 Å².